The first kappa shape index (κ1) is 21.3. The number of carbonyl (C=O) groups excluding carboxylic acids is 2. The fourth-order valence-corrected chi connectivity index (χ4v) is 3.24. The molecule has 1 unspecified atom stereocenters. The largest absolute Gasteiger partial charge is 0.497 e. The molecule has 0 bridgehead atoms. The summed E-state index contributed by atoms with van der Waals surface area (Å²) in [7, 11) is 3.14. The molecule has 7 nitrogen and oxygen atoms in total. The molecule has 0 spiro atoms. The average molecular weight is 388 g/mol. The Bertz CT molecular complexity index is 857. The summed E-state index contributed by atoms with van der Waals surface area (Å²) < 4.78 is 17.8. The molecular formula is C21H28N2O5. The number of carbonyl (C=O) groups is 2. The highest BCUT2D eigenvalue weighted by molar-refractivity contribution is 5.92. The number of hydrogen-bond donors (Lipinski definition) is 1. The first-order valence-electron chi connectivity index (χ1n) is 9.17. The summed E-state index contributed by atoms with van der Waals surface area (Å²) in [5.41, 5.74) is 3.07. The van der Waals surface area contributed by atoms with Crippen molar-refractivity contribution in [3.8, 4) is 11.5 Å². The zero-order valence-corrected chi connectivity index (χ0v) is 17.3. The second kappa shape index (κ2) is 9.30. The summed E-state index contributed by atoms with van der Waals surface area (Å²) in [6.07, 6.45) is 0. The fourth-order valence-electron chi connectivity index (χ4n) is 3.24. The van der Waals surface area contributed by atoms with Gasteiger partial charge in [0.05, 0.1) is 25.8 Å². The van der Waals surface area contributed by atoms with Crippen molar-refractivity contribution in [2.45, 2.75) is 40.3 Å². The lowest BCUT2D eigenvalue weighted by atomic mass is 10.1. The van der Waals surface area contributed by atoms with Crippen LogP contribution in [-0.2, 0) is 16.1 Å². The highest BCUT2D eigenvalue weighted by atomic mass is 16.5. The molecule has 1 aromatic heterocycles. The van der Waals surface area contributed by atoms with Crippen molar-refractivity contribution in [3.05, 3.63) is 46.8 Å². The minimum atomic E-state index is -0.505. The smallest absolute Gasteiger partial charge is 0.340 e. The third-order valence-corrected chi connectivity index (χ3v) is 4.73. The van der Waals surface area contributed by atoms with Gasteiger partial charge in [-0.05, 0) is 52.0 Å². The van der Waals surface area contributed by atoms with Gasteiger partial charge in [-0.25, -0.2) is 4.79 Å². The molecule has 1 atom stereocenters. The molecule has 0 radical (unpaired) electrons. The minimum Gasteiger partial charge on any atom is -0.497 e. The van der Waals surface area contributed by atoms with Crippen molar-refractivity contribution >= 4 is 11.9 Å². The average Bonchev–Trinajstić information content (AvgIpc) is 2.98. The standard InChI is InChI=1S/C21H28N2O5/c1-7-23-13(2)10-18(15(23)4)21(25)28-12-20(24)22-14(3)17-11-16(26-5)8-9-19(17)27-6/h8-11,14H,7,12H2,1-6H3,(H,22,24). The molecule has 28 heavy (non-hydrogen) atoms. The number of nitrogens with one attached hydrogen (secondary N) is 1. The van der Waals surface area contributed by atoms with Gasteiger partial charge in [0.15, 0.2) is 6.61 Å². The zero-order valence-electron chi connectivity index (χ0n) is 17.3. The fraction of sp³-hybridized carbons (Fsp3) is 0.429. The van der Waals surface area contributed by atoms with E-state index in [1.54, 1.807) is 38.5 Å². The van der Waals surface area contributed by atoms with Crippen molar-refractivity contribution in [2.75, 3.05) is 20.8 Å². The topological polar surface area (TPSA) is 78.8 Å². The maximum atomic E-state index is 12.3. The Hall–Kier alpha value is -2.96. The Balaban J connectivity index is 2.00. The summed E-state index contributed by atoms with van der Waals surface area (Å²) in [5.74, 6) is 0.400. The normalized spacial score (nSPS) is 11.6. The highest BCUT2D eigenvalue weighted by Crippen LogP contribution is 2.29. The third-order valence-electron chi connectivity index (χ3n) is 4.73. The molecule has 0 saturated heterocycles. The summed E-state index contributed by atoms with van der Waals surface area (Å²) in [4.78, 5) is 24.6. The van der Waals surface area contributed by atoms with Crippen LogP contribution in [0.5, 0.6) is 11.5 Å². The van der Waals surface area contributed by atoms with Crippen molar-refractivity contribution in [3.63, 3.8) is 0 Å². The van der Waals surface area contributed by atoms with Crippen LogP contribution in [0.1, 0.15) is 47.2 Å². The van der Waals surface area contributed by atoms with Gasteiger partial charge < -0.3 is 24.1 Å². The highest BCUT2D eigenvalue weighted by Gasteiger charge is 2.19. The number of esters is 1. The van der Waals surface area contributed by atoms with Crippen molar-refractivity contribution in [1.82, 2.24) is 9.88 Å². The van der Waals surface area contributed by atoms with Crippen molar-refractivity contribution in [1.29, 1.82) is 0 Å². The van der Waals surface area contributed by atoms with Crippen LogP contribution in [0, 0.1) is 13.8 Å². The molecule has 0 aliphatic rings. The minimum absolute atomic E-state index is 0.346. The van der Waals surface area contributed by atoms with Gasteiger partial charge >= 0.3 is 5.97 Å². The van der Waals surface area contributed by atoms with E-state index in [0.29, 0.717) is 17.1 Å². The predicted octanol–water partition coefficient (Wildman–Crippen LogP) is 3.18. The van der Waals surface area contributed by atoms with Gasteiger partial charge in [0.25, 0.3) is 5.91 Å². The van der Waals surface area contributed by atoms with Gasteiger partial charge in [0, 0.05) is 23.5 Å². The van der Waals surface area contributed by atoms with Gasteiger partial charge in [0.1, 0.15) is 11.5 Å². The number of aryl methyl sites for hydroxylation is 1. The molecule has 0 aliphatic carbocycles. The Kier molecular flexibility index (Phi) is 7.09. The van der Waals surface area contributed by atoms with Crippen LogP contribution in [0.4, 0.5) is 0 Å². The van der Waals surface area contributed by atoms with Gasteiger partial charge in [-0.3, -0.25) is 4.79 Å². The molecule has 0 fully saturated rings. The van der Waals surface area contributed by atoms with Crippen molar-refractivity contribution in [2.24, 2.45) is 0 Å². The number of benzene rings is 1. The number of aromatic nitrogens is 1. The van der Waals surface area contributed by atoms with Gasteiger partial charge in [-0.1, -0.05) is 0 Å². The summed E-state index contributed by atoms with van der Waals surface area (Å²) >= 11 is 0. The predicted molar refractivity (Wildman–Crippen MR) is 106 cm³/mol. The zero-order chi connectivity index (χ0) is 20.8. The summed E-state index contributed by atoms with van der Waals surface area (Å²) in [6, 6.07) is 6.80. The molecular weight excluding hydrogens is 360 g/mol. The second-order valence-corrected chi connectivity index (χ2v) is 6.50. The molecule has 1 aromatic carbocycles. The molecule has 1 heterocycles. The molecule has 7 heteroatoms. The Morgan fingerprint density at radius 2 is 1.86 bits per heavy atom. The second-order valence-electron chi connectivity index (χ2n) is 6.50. The number of hydrogen-bond acceptors (Lipinski definition) is 5. The van der Waals surface area contributed by atoms with E-state index >= 15 is 0 Å². The SMILES string of the molecule is CCn1c(C)cc(C(=O)OCC(=O)NC(C)c2cc(OC)ccc2OC)c1C. The van der Waals surface area contributed by atoms with Crippen LogP contribution >= 0.6 is 0 Å². The number of methoxy groups -OCH3 is 2. The lowest BCUT2D eigenvalue weighted by Gasteiger charge is -2.18. The summed E-state index contributed by atoms with van der Waals surface area (Å²) in [6.45, 7) is 8.05. The van der Waals surface area contributed by atoms with E-state index in [0.717, 1.165) is 23.5 Å². The van der Waals surface area contributed by atoms with E-state index in [4.69, 9.17) is 14.2 Å². The van der Waals surface area contributed by atoms with Crippen LogP contribution in [0.25, 0.3) is 0 Å². The van der Waals surface area contributed by atoms with E-state index in [1.807, 2.05) is 32.3 Å². The Morgan fingerprint density at radius 3 is 2.43 bits per heavy atom. The number of ether oxygens (including phenoxy) is 3. The molecule has 1 N–H and O–H groups in total. The van der Waals surface area contributed by atoms with Crippen molar-refractivity contribution < 1.29 is 23.8 Å². The van der Waals surface area contributed by atoms with Gasteiger partial charge in [0.2, 0.25) is 0 Å². The Morgan fingerprint density at radius 1 is 1.14 bits per heavy atom. The van der Waals surface area contributed by atoms with E-state index < -0.39 is 11.9 Å². The van der Waals surface area contributed by atoms with E-state index in [2.05, 4.69) is 5.32 Å². The van der Waals surface area contributed by atoms with E-state index in [-0.39, 0.29) is 12.6 Å². The first-order valence-corrected chi connectivity index (χ1v) is 9.17. The molecule has 0 saturated carbocycles. The van der Waals surface area contributed by atoms with Crippen LogP contribution in [0.15, 0.2) is 24.3 Å². The van der Waals surface area contributed by atoms with Crippen LogP contribution in [-0.4, -0.2) is 37.3 Å². The lowest BCUT2D eigenvalue weighted by Crippen LogP contribution is -2.31. The maximum Gasteiger partial charge on any atom is 0.340 e. The molecule has 152 valence electrons. The first-order chi connectivity index (χ1) is 13.3. The molecule has 2 aromatic rings. The molecule has 0 aliphatic heterocycles. The van der Waals surface area contributed by atoms with E-state index in [9.17, 15) is 9.59 Å². The van der Waals surface area contributed by atoms with Gasteiger partial charge in [-0.15, -0.1) is 0 Å². The number of amides is 1. The van der Waals surface area contributed by atoms with Crippen LogP contribution in [0.3, 0.4) is 0 Å². The van der Waals surface area contributed by atoms with E-state index in [1.165, 1.54) is 0 Å². The third kappa shape index (κ3) is 4.65. The lowest BCUT2D eigenvalue weighted by molar-refractivity contribution is -0.124. The monoisotopic (exact) mass is 388 g/mol. The number of rotatable bonds is 8. The van der Waals surface area contributed by atoms with Crippen LogP contribution in [0.2, 0.25) is 0 Å². The Labute approximate surface area is 165 Å². The summed E-state index contributed by atoms with van der Waals surface area (Å²) in [5, 5.41) is 2.81. The molecule has 2 rings (SSSR count). The van der Waals surface area contributed by atoms with Crippen LogP contribution < -0.4 is 14.8 Å². The number of nitrogens with zero attached hydrogens (tertiary/aromatic N) is 1. The maximum absolute atomic E-state index is 12.3. The molecule has 1 amide bonds. The van der Waals surface area contributed by atoms with Gasteiger partial charge in [-0.2, -0.15) is 0 Å². The quantitative estimate of drug-likeness (QED) is 0.703.